The van der Waals surface area contributed by atoms with Gasteiger partial charge in [0, 0.05) is 6.07 Å². The third-order valence-electron chi connectivity index (χ3n) is 2.24. The van der Waals surface area contributed by atoms with E-state index in [0.29, 0.717) is 5.56 Å². The van der Waals surface area contributed by atoms with Crippen molar-refractivity contribution in [2.75, 3.05) is 6.61 Å². The number of hydrogen-bond acceptors (Lipinski definition) is 5. The third-order valence-corrected chi connectivity index (χ3v) is 2.24. The fourth-order valence-corrected chi connectivity index (χ4v) is 1.55. The molecule has 6 heteroatoms. The standard InChI is InChI=1S/C13H17NO5/c1-4-18-13(15)8-10-5-6-12(19-9(2)3)11(7-10)14(16)17/h5-7,9H,4,8H2,1-3H3. The van der Waals surface area contributed by atoms with Crippen LogP contribution in [0.5, 0.6) is 5.75 Å². The lowest BCUT2D eigenvalue weighted by atomic mass is 10.1. The Kier molecular flexibility index (Phi) is 5.29. The van der Waals surface area contributed by atoms with E-state index in [-0.39, 0.29) is 30.6 Å². The molecule has 0 N–H and O–H groups in total. The monoisotopic (exact) mass is 267 g/mol. The molecule has 0 aliphatic rings. The number of ether oxygens (including phenoxy) is 2. The van der Waals surface area contributed by atoms with Gasteiger partial charge in [0.05, 0.1) is 24.1 Å². The number of esters is 1. The molecule has 0 saturated heterocycles. The van der Waals surface area contributed by atoms with E-state index in [1.54, 1.807) is 26.8 Å². The van der Waals surface area contributed by atoms with Crippen LogP contribution in [0.1, 0.15) is 26.3 Å². The summed E-state index contributed by atoms with van der Waals surface area (Å²) in [6.45, 7) is 5.57. The summed E-state index contributed by atoms with van der Waals surface area (Å²) in [5.41, 5.74) is 0.386. The van der Waals surface area contributed by atoms with Crippen molar-refractivity contribution in [3.8, 4) is 5.75 Å². The maximum Gasteiger partial charge on any atom is 0.311 e. The van der Waals surface area contributed by atoms with Crippen LogP contribution in [0.15, 0.2) is 18.2 Å². The van der Waals surface area contributed by atoms with Crippen LogP contribution in [0, 0.1) is 10.1 Å². The van der Waals surface area contributed by atoms with Crippen molar-refractivity contribution in [2.45, 2.75) is 33.3 Å². The highest BCUT2D eigenvalue weighted by atomic mass is 16.6. The molecular formula is C13H17NO5. The lowest BCUT2D eigenvalue weighted by molar-refractivity contribution is -0.386. The molecular weight excluding hydrogens is 250 g/mol. The number of nitro benzene ring substituents is 1. The van der Waals surface area contributed by atoms with E-state index in [2.05, 4.69) is 0 Å². The Morgan fingerprint density at radius 3 is 2.63 bits per heavy atom. The molecule has 6 nitrogen and oxygen atoms in total. The molecule has 1 rings (SSSR count). The molecule has 0 fully saturated rings. The Bertz CT molecular complexity index is 470. The minimum atomic E-state index is -0.521. The van der Waals surface area contributed by atoms with Crippen molar-refractivity contribution in [3.63, 3.8) is 0 Å². The van der Waals surface area contributed by atoms with Crippen LogP contribution < -0.4 is 4.74 Å². The van der Waals surface area contributed by atoms with E-state index >= 15 is 0 Å². The highest BCUT2D eigenvalue weighted by Crippen LogP contribution is 2.29. The van der Waals surface area contributed by atoms with Gasteiger partial charge in [0.25, 0.3) is 0 Å². The first-order chi connectivity index (χ1) is 8.93. The number of nitro groups is 1. The maximum absolute atomic E-state index is 11.3. The van der Waals surface area contributed by atoms with Gasteiger partial charge in [0.1, 0.15) is 0 Å². The van der Waals surface area contributed by atoms with Crippen molar-refractivity contribution in [3.05, 3.63) is 33.9 Å². The van der Waals surface area contributed by atoms with Crippen molar-refractivity contribution < 1.29 is 19.2 Å². The molecule has 0 amide bonds. The predicted molar refractivity (Wildman–Crippen MR) is 69.2 cm³/mol. The van der Waals surface area contributed by atoms with Crippen LogP contribution in [0.25, 0.3) is 0 Å². The van der Waals surface area contributed by atoms with Gasteiger partial charge in [-0.2, -0.15) is 0 Å². The highest BCUT2D eigenvalue weighted by Gasteiger charge is 2.18. The first-order valence-electron chi connectivity index (χ1n) is 6.03. The van der Waals surface area contributed by atoms with Crippen LogP contribution in [-0.4, -0.2) is 23.6 Å². The minimum absolute atomic E-state index is 0.0106. The van der Waals surface area contributed by atoms with Gasteiger partial charge in [-0.1, -0.05) is 6.07 Å². The summed E-state index contributed by atoms with van der Waals surface area (Å²) in [7, 11) is 0. The van der Waals surface area contributed by atoms with Gasteiger partial charge < -0.3 is 9.47 Å². The summed E-state index contributed by atoms with van der Waals surface area (Å²) in [6, 6.07) is 4.48. The summed E-state index contributed by atoms with van der Waals surface area (Å²) in [4.78, 5) is 21.8. The maximum atomic E-state index is 11.3. The molecule has 0 aromatic heterocycles. The van der Waals surface area contributed by atoms with Gasteiger partial charge >= 0.3 is 11.7 Å². The van der Waals surface area contributed by atoms with E-state index in [9.17, 15) is 14.9 Å². The smallest absolute Gasteiger partial charge is 0.311 e. The molecule has 0 heterocycles. The number of hydrogen-bond donors (Lipinski definition) is 0. The molecule has 19 heavy (non-hydrogen) atoms. The van der Waals surface area contributed by atoms with Crippen molar-refractivity contribution in [1.29, 1.82) is 0 Å². The lowest BCUT2D eigenvalue weighted by Gasteiger charge is -2.10. The summed E-state index contributed by atoms with van der Waals surface area (Å²) in [5.74, 6) is -0.207. The largest absolute Gasteiger partial charge is 0.484 e. The molecule has 0 unspecified atom stereocenters. The fourth-order valence-electron chi connectivity index (χ4n) is 1.55. The Labute approximate surface area is 111 Å². The fraction of sp³-hybridized carbons (Fsp3) is 0.462. The summed E-state index contributed by atoms with van der Waals surface area (Å²) in [6.07, 6.45) is -0.147. The SMILES string of the molecule is CCOC(=O)Cc1ccc(OC(C)C)c([N+](=O)[O-])c1. The van der Waals surface area contributed by atoms with Crippen LogP contribution in [0.3, 0.4) is 0 Å². The highest BCUT2D eigenvalue weighted by molar-refractivity contribution is 5.73. The second kappa shape index (κ2) is 6.72. The number of benzene rings is 1. The summed E-state index contributed by atoms with van der Waals surface area (Å²) >= 11 is 0. The Morgan fingerprint density at radius 2 is 2.11 bits per heavy atom. The third kappa shape index (κ3) is 4.57. The molecule has 0 spiro atoms. The first kappa shape index (κ1) is 14.9. The average Bonchev–Trinajstić information content (AvgIpc) is 2.30. The quantitative estimate of drug-likeness (QED) is 0.449. The molecule has 0 radical (unpaired) electrons. The van der Waals surface area contributed by atoms with Crippen LogP contribution >= 0.6 is 0 Å². The molecule has 1 aromatic carbocycles. The molecule has 0 bridgehead atoms. The zero-order chi connectivity index (χ0) is 14.4. The Balaban J connectivity index is 2.96. The number of nitrogens with zero attached hydrogens (tertiary/aromatic N) is 1. The van der Waals surface area contributed by atoms with Crippen molar-refractivity contribution in [1.82, 2.24) is 0 Å². The van der Waals surface area contributed by atoms with Crippen LogP contribution in [0.2, 0.25) is 0 Å². The number of carbonyl (C=O) groups excluding carboxylic acids is 1. The Hall–Kier alpha value is -2.11. The molecule has 104 valence electrons. The topological polar surface area (TPSA) is 78.7 Å². The van der Waals surface area contributed by atoms with Gasteiger partial charge in [-0.3, -0.25) is 14.9 Å². The van der Waals surface area contributed by atoms with Gasteiger partial charge in [-0.15, -0.1) is 0 Å². The second-order valence-electron chi connectivity index (χ2n) is 4.21. The number of rotatable bonds is 6. The lowest BCUT2D eigenvalue weighted by Crippen LogP contribution is -2.10. The predicted octanol–water partition coefficient (Wildman–Crippen LogP) is 2.49. The number of carbonyl (C=O) groups is 1. The van der Waals surface area contributed by atoms with Gasteiger partial charge in [0.2, 0.25) is 0 Å². The second-order valence-corrected chi connectivity index (χ2v) is 4.21. The summed E-state index contributed by atoms with van der Waals surface area (Å²) < 4.78 is 10.2. The molecule has 1 aromatic rings. The van der Waals surface area contributed by atoms with Crippen molar-refractivity contribution in [2.24, 2.45) is 0 Å². The van der Waals surface area contributed by atoms with E-state index < -0.39 is 10.9 Å². The van der Waals surface area contributed by atoms with Crippen LogP contribution in [-0.2, 0) is 16.0 Å². The van der Waals surface area contributed by atoms with Crippen LogP contribution in [0.4, 0.5) is 5.69 Å². The molecule has 0 aliphatic carbocycles. The van der Waals surface area contributed by atoms with E-state index in [1.807, 2.05) is 0 Å². The minimum Gasteiger partial charge on any atom is -0.484 e. The Morgan fingerprint density at radius 1 is 1.42 bits per heavy atom. The van der Waals surface area contributed by atoms with E-state index in [1.165, 1.54) is 12.1 Å². The van der Waals surface area contributed by atoms with E-state index in [4.69, 9.17) is 9.47 Å². The zero-order valence-electron chi connectivity index (χ0n) is 11.2. The van der Waals surface area contributed by atoms with Gasteiger partial charge in [-0.25, -0.2) is 0 Å². The van der Waals surface area contributed by atoms with E-state index in [0.717, 1.165) is 0 Å². The van der Waals surface area contributed by atoms with Crippen molar-refractivity contribution >= 4 is 11.7 Å². The zero-order valence-corrected chi connectivity index (χ0v) is 11.2. The molecule has 0 aliphatic heterocycles. The first-order valence-corrected chi connectivity index (χ1v) is 6.03. The normalized spacial score (nSPS) is 10.3. The summed E-state index contributed by atoms with van der Waals surface area (Å²) in [5, 5.41) is 11.0. The van der Waals surface area contributed by atoms with Gasteiger partial charge in [0.15, 0.2) is 5.75 Å². The molecule has 0 atom stereocenters. The molecule has 0 saturated carbocycles. The van der Waals surface area contributed by atoms with Gasteiger partial charge in [-0.05, 0) is 32.4 Å². The average molecular weight is 267 g/mol.